The summed E-state index contributed by atoms with van der Waals surface area (Å²) in [7, 11) is -3.11. The monoisotopic (exact) mass is 439 g/mol. The standard InChI is InChI=1S/C24H29N3O3S/c1-3-31(29,30)27-12-10-20(11-13-27)23-16-26-24-9-8-21(14-22(23)24)19-6-4-18(5-7-19)15-25-17(2)28/h4-9,14,16,20,26H,3,10-13,15H2,1-2H3,(H,25,28). The molecule has 2 heterocycles. The molecular weight excluding hydrogens is 410 g/mol. The number of carbonyl (C=O) groups is 1. The number of benzene rings is 2. The maximum absolute atomic E-state index is 12.2. The molecule has 0 unspecified atom stereocenters. The summed E-state index contributed by atoms with van der Waals surface area (Å²) in [6, 6.07) is 14.7. The van der Waals surface area contributed by atoms with Gasteiger partial charge in [0.1, 0.15) is 0 Å². The SMILES string of the molecule is CCS(=O)(=O)N1CCC(c2c[nH]c3ccc(-c4ccc(CNC(C)=O)cc4)cc23)CC1. The molecule has 164 valence electrons. The third-order valence-electron chi connectivity index (χ3n) is 6.19. The summed E-state index contributed by atoms with van der Waals surface area (Å²) < 4.78 is 25.9. The minimum Gasteiger partial charge on any atom is -0.361 e. The van der Waals surface area contributed by atoms with Crippen LogP contribution < -0.4 is 5.32 Å². The predicted molar refractivity (Wildman–Crippen MR) is 124 cm³/mol. The maximum Gasteiger partial charge on any atom is 0.217 e. The average molecular weight is 440 g/mol. The van der Waals surface area contributed by atoms with Crippen molar-refractivity contribution < 1.29 is 13.2 Å². The lowest BCUT2D eigenvalue weighted by Crippen LogP contribution is -2.38. The van der Waals surface area contributed by atoms with Crippen LogP contribution in [0.25, 0.3) is 22.0 Å². The number of fused-ring (bicyclic) bond motifs is 1. The van der Waals surface area contributed by atoms with Crippen LogP contribution in [-0.4, -0.2) is 42.5 Å². The van der Waals surface area contributed by atoms with Crippen molar-refractivity contribution in [1.82, 2.24) is 14.6 Å². The number of H-pyrrole nitrogens is 1. The number of hydrogen-bond donors (Lipinski definition) is 2. The zero-order chi connectivity index (χ0) is 22.0. The van der Waals surface area contributed by atoms with E-state index in [0.29, 0.717) is 25.6 Å². The number of sulfonamides is 1. The Kier molecular flexibility index (Phi) is 6.16. The van der Waals surface area contributed by atoms with Crippen molar-refractivity contribution in [3.63, 3.8) is 0 Å². The molecule has 31 heavy (non-hydrogen) atoms. The fraction of sp³-hybridized carbons (Fsp3) is 0.375. The van der Waals surface area contributed by atoms with Gasteiger partial charge >= 0.3 is 0 Å². The van der Waals surface area contributed by atoms with E-state index in [-0.39, 0.29) is 11.7 Å². The van der Waals surface area contributed by atoms with Crippen LogP contribution in [0.15, 0.2) is 48.7 Å². The highest BCUT2D eigenvalue weighted by atomic mass is 32.2. The van der Waals surface area contributed by atoms with Crippen LogP contribution in [0.4, 0.5) is 0 Å². The van der Waals surface area contributed by atoms with Crippen molar-refractivity contribution in [2.24, 2.45) is 0 Å². The van der Waals surface area contributed by atoms with Gasteiger partial charge in [-0.3, -0.25) is 4.79 Å². The van der Waals surface area contributed by atoms with Gasteiger partial charge in [0, 0.05) is 43.7 Å². The molecule has 0 atom stereocenters. The van der Waals surface area contributed by atoms with Crippen molar-refractivity contribution in [2.75, 3.05) is 18.8 Å². The molecule has 6 nitrogen and oxygen atoms in total. The quantitative estimate of drug-likeness (QED) is 0.609. The van der Waals surface area contributed by atoms with Crippen molar-refractivity contribution in [3.05, 3.63) is 59.8 Å². The lowest BCUT2D eigenvalue weighted by molar-refractivity contribution is -0.119. The largest absolute Gasteiger partial charge is 0.361 e. The minimum atomic E-state index is -3.11. The van der Waals surface area contributed by atoms with Gasteiger partial charge in [-0.15, -0.1) is 0 Å². The van der Waals surface area contributed by atoms with Crippen molar-refractivity contribution in [3.8, 4) is 11.1 Å². The first kappa shape index (κ1) is 21.6. The first-order valence-corrected chi connectivity index (χ1v) is 12.4. The molecule has 0 aliphatic carbocycles. The number of piperidine rings is 1. The number of carbonyl (C=O) groups excluding carboxylic acids is 1. The highest BCUT2D eigenvalue weighted by molar-refractivity contribution is 7.89. The first-order chi connectivity index (χ1) is 14.9. The van der Waals surface area contributed by atoms with Crippen molar-refractivity contribution in [1.29, 1.82) is 0 Å². The van der Waals surface area contributed by atoms with E-state index in [9.17, 15) is 13.2 Å². The van der Waals surface area contributed by atoms with E-state index in [0.717, 1.165) is 35.0 Å². The zero-order valence-corrected chi connectivity index (χ0v) is 18.8. The molecule has 3 aromatic rings. The van der Waals surface area contributed by atoms with Crippen molar-refractivity contribution in [2.45, 2.75) is 39.2 Å². The number of aromatic nitrogens is 1. The summed E-state index contributed by atoms with van der Waals surface area (Å²) in [4.78, 5) is 14.5. The van der Waals surface area contributed by atoms with Crippen LogP contribution in [0.3, 0.4) is 0 Å². The zero-order valence-electron chi connectivity index (χ0n) is 18.0. The molecule has 1 fully saturated rings. The Labute approximate surface area is 183 Å². The molecular formula is C24H29N3O3S. The summed E-state index contributed by atoms with van der Waals surface area (Å²) >= 11 is 0. The Morgan fingerprint density at radius 3 is 2.42 bits per heavy atom. The Morgan fingerprint density at radius 2 is 1.77 bits per heavy atom. The second-order valence-corrected chi connectivity index (χ2v) is 10.4. The van der Waals surface area contributed by atoms with E-state index < -0.39 is 10.0 Å². The highest BCUT2D eigenvalue weighted by Crippen LogP contribution is 2.35. The molecule has 7 heteroatoms. The maximum atomic E-state index is 12.2. The molecule has 4 rings (SSSR count). The number of aromatic amines is 1. The second kappa shape index (κ2) is 8.85. The summed E-state index contributed by atoms with van der Waals surface area (Å²) in [5, 5.41) is 4.02. The van der Waals surface area contributed by atoms with Crippen LogP contribution in [-0.2, 0) is 21.4 Å². The number of rotatable bonds is 6. The number of nitrogens with zero attached hydrogens (tertiary/aromatic N) is 1. The molecule has 1 aromatic heterocycles. The Hall–Kier alpha value is -2.64. The number of amides is 1. The fourth-order valence-corrected chi connectivity index (χ4v) is 5.46. The number of hydrogen-bond acceptors (Lipinski definition) is 3. The van der Waals surface area contributed by atoms with Gasteiger partial charge in [-0.05, 0) is 60.1 Å². The van der Waals surface area contributed by atoms with Gasteiger partial charge in [0.05, 0.1) is 5.75 Å². The van der Waals surface area contributed by atoms with Gasteiger partial charge in [0.15, 0.2) is 0 Å². The molecule has 1 amide bonds. The van der Waals surface area contributed by atoms with Gasteiger partial charge in [0.25, 0.3) is 0 Å². The summed E-state index contributed by atoms with van der Waals surface area (Å²) in [5.74, 6) is 0.484. The van der Waals surface area contributed by atoms with Gasteiger partial charge < -0.3 is 10.3 Å². The highest BCUT2D eigenvalue weighted by Gasteiger charge is 2.28. The molecule has 0 radical (unpaired) electrons. The van der Waals surface area contributed by atoms with E-state index in [4.69, 9.17) is 0 Å². The number of nitrogens with one attached hydrogen (secondary N) is 2. The molecule has 1 aliphatic heterocycles. The van der Waals surface area contributed by atoms with Gasteiger partial charge in [-0.1, -0.05) is 30.3 Å². The second-order valence-electron chi connectivity index (χ2n) is 8.18. The van der Waals surface area contributed by atoms with E-state index >= 15 is 0 Å². The van der Waals surface area contributed by atoms with E-state index in [2.05, 4.69) is 46.8 Å². The minimum absolute atomic E-state index is 0.0346. The third kappa shape index (κ3) is 4.67. The molecule has 0 saturated carbocycles. The van der Waals surface area contributed by atoms with E-state index in [1.165, 1.54) is 17.9 Å². The van der Waals surface area contributed by atoms with Crippen molar-refractivity contribution >= 4 is 26.8 Å². The third-order valence-corrected chi connectivity index (χ3v) is 8.08. The summed E-state index contributed by atoms with van der Waals surface area (Å²) in [5.41, 5.74) is 5.71. The van der Waals surface area contributed by atoms with E-state index in [1.807, 2.05) is 12.1 Å². The molecule has 1 aliphatic rings. The van der Waals surface area contributed by atoms with Crippen LogP contribution >= 0.6 is 0 Å². The van der Waals surface area contributed by atoms with Gasteiger partial charge in [0.2, 0.25) is 15.9 Å². The smallest absolute Gasteiger partial charge is 0.217 e. The van der Waals surface area contributed by atoms with Gasteiger partial charge in [-0.25, -0.2) is 12.7 Å². The van der Waals surface area contributed by atoms with Crippen LogP contribution in [0.5, 0.6) is 0 Å². The summed E-state index contributed by atoms with van der Waals surface area (Å²) in [6.07, 6.45) is 3.77. The fourth-order valence-electron chi connectivity index (χ4n) is 4.33. The van der Waals surface area contributed by atoms with Crippen LogP contribution in [0.2, 0.25) is 0 Å². The predicted octanol–water partition coefficient (Wildman–Crippen LogP) is 4.00. The molecule has 0 bridgehead atoms. The lowest BCUT2D eigenvalue weighted by Gasteiger charge is -2.30. The van der Waals surface area contributed by atoms with E-state index in [1.54, 1.807) is 11.2 Å². The lowest BCUT2D eigenvalue weighted by atomic mass is 9.89. The Morgan fingerprint density at radius 1 is 1.10 bits per heavy atom. The van der Waals surface area contributed by atoms with Crippen LogP contribution in [0.1, 0.15) is 43.7 Å². The topological polar surface area (TPSA) is 82.3 Å². The first-order valence-electron chi connectivity index (χ1n) is 10.8. The average Bonchev–Trinajstić information content (AvgIpc) is 3.21. The molecule has 1 saturated heterocycles. The Balaban J connectivity index is 1.54. The molecule has 2 aromatic carbocycles. The Bertz CT molecular complexity index is 1170. The van der Waals surface area contributed by atoms with Gasteiger partial charge in [-0.2, -0.15) is 0 Å². The van der Waals surface area contributed by atoms with Crippen LogP contribution in [0, 0.1) is 0 Å². The normalized spacial score (nSPS) is 15.9. The molecule has 2 N–H and O–H groups in total. The molecule has 0 spiro atoms. The summed E-state index contributed by atoms with van der Waals surface area (Å²) in [6.45, 7) is 4.93.